The summed E-state index contributed by atoms with van der Waals surface area (Å²) < 4.78 is 31.6. The molecule has 35 heavy (non-hydrogen) atoms. The largest absolute Gasteiger partial charge is 2.00 e. The van der Waals surface area contributed by atoms with Gasteiger partial charge < -0.3 is 0 Å². The van der Waals surface area contributed by atoms with Crippen LogP contribution in [0.4, 0.5) is 0 Å². The molecule has 2 N–H and O–H groups in total. The normalized spacial score (nSPS) is 1.66. The van der Waals surface area contributed by atoms with Gasteiger partial charge in [0.05, 0.1) is 0 Å². The van der Waals surface area contributed by atoms with Crippen molar-refractivity contribution >= 4 is 1480 Å². The van der Waals surface area contributed by atoms with Crippen molar-refractivity contribution in [3.8, 4) is 0 Å². The van der Waals surface area contributed by atoms with Gasteiger partial charge in [-0.3, -0.25) is 9.11 Å². The Labute approximate surface area is 1430 Å². The Kier molecular flexibility index (Phi) is 1090. The summed E-state index contributed by atoms with van der Waals surface area (Å²) in [7, 11) is -4.67. The van der Waals surface area contributed by atoms with E-state index in [0.717, 1.165) is 0 Å². The number of rotatable bonds is 0. The molecule has 0 aromatic carbocycles. The van der Waals surface area contributed by atoms with E-state index in [2.05, 4.69) is 0 Å². The minimum absolute atomic E-state index is 0. The van der Waals surface area contributed by atoms with Crippen LogP contribution in [0.15, 0.2) is 0 Å². The van der Waals surface area contributed by atoms with E-state index in [1.807, 2.05) is 0 Å². The van der Waals surface area contributed by atoms with Gasteiger partial charge in [0.2, 0.25) is 0 Å². The maximum Gasteiger partial charge on any atom is 2.00 e. The molecular formula is H2Ba30O4S+60. The fourth-order valence-electron chi connectivity index (χ4n) is 0. The van der Waals surface area contributed by atoms with Crippen LogP contribution in [0.25, 0.3) is 0 Å². The molecule has 0 atom stereocenters. The maximum absolute atomic E-state index is 8.74. The van der Waals surface area contributed by atoms with E-state index in [1.165, 1.54) is 0 Å². The molecule has 0 aliphatic heterocycles. The van der Waals surface area contributed by atoms with Gasteiger partial charge in [-0.2, -0.15) is 8.42 Å². The van der Waals surface area contributed by atoms with Crippen molar-refractivity contribution < 1.29 is 17.5 Å². The number of hydrogen-bond acceptors (Lipinski definition) is 2. The zero-order valence-electron chi connectivity index (χ0n) is 23.3. The molecule has 35 heteroatoms. The molecule has 0 heterocycles. The van der Waals surface area contributed by atoms with Gasteiger partial charge in [0.25, 0.3) is 0 Å². The van der Waals surface area contributed by atoms with Crippen LogP contribution in [-0.4, -0.2) is 1480 Å². The molecule has 0 bridgehead atoms. The first-order chi connectivity index (χ1) is 2.00. The molecule has 0 saturated carbocycles. The third kappa shape index (κ3) is 229. The first-order valence-electron chi connectivity index (χ1n) is 0.698. The van der Waals surface area contributed by atoms with Crippen molar-refractivity contribution in [3.05, 3.63) is 0 Å². The molecule has 0 spiro atoms. The Morgan fingerprint density at radius 2 is 0.200 bits per heavy atom. The molecule has 0 unspecified atom stereocenters. The molecule has 0 saturated heterocycles. The fourth-order valence-corrected chi connectivity index (χ4v) is 0. The quantitative estimate of drug-likeness (QED) is 0.187. The molecule has 0 radical (unpaired) electrons. The monoisotopic (exact) mass is 4240 g/mol. The van der Waals surface area contributed by atoms with Gasteiger partial charge in [0.1, 0.15) is 0 Å². The fraction of sp³-hybridized carbons (Fsp3) is 0. The molecule has 0 amide bonds. The van der Waals surface area contributed by atoms with E-state index in [4.69, 9.17) is 17.5 Å². The van der Waals surface area contributed by atoms with Crippen LogP contribution in [-0.2, 0) is 10.4 Å². The van der Waals surface area contributed by atoms with E-state index in [9.17, 15) is 0 Å². The van der Waals surface area contributed by atoms with Crippen LogP contribution in [0.1, 0.15) is 0 Å². The van der Waals surface area contributed by atoms with Crippen molar-refractivity contribution in [3.63, 3.8) is 0 Å². The van der Waals surface area contributed by atoms with E-state index >= 15 is 0 Å². The Hall–Kier alpha value is 47.0. The molecule has 0 aliphatic carbocycles. The SMILES string of the molecule is O=S(=O)(O)O.[Ba+2].[Ba+2].[Ba+2].[Ba+2].[Ba+2].[Ba+2].[Ba+2].[Ba+2].[Ba+2].[Ba+2].[Ba+2].[Ba+2].[Ba+2].[Ba+2].[Ba+2].[Ba+2].[Ba+2].[Ba+2].[Ba+2].[Ba+2].[Ba+2].[Ba+2].[Ba+2].[Ba+2].[Ba+2].[Ba+2].[Ba+2].[Ba+2].[Ba+2].[Ba+2]. The summed E-state index contributed by atoms with van der Waals surface area (Å²) in [6.45, 7) is 0. The van der Waals surface area contributed by atoms with E-state index in [1.54, 1.807) is 0 Å². The average molecular weight is 4220 g/mol. The Bertz CT molecular complexity index is 108. The zero-order chi connectivity index (χ0) is 4.50. The molecule has 0 aromatic rings. The topological polar surface area (TPSA) is 74.6 Å². The first-order valence-corrected chi connectivity index (χ1v) is 2.10. The summed E-state index contributed by atoms with van der Waals surface area (Å²) in [6.07, 6.45) is 0. The van der Waals surface area contributed by atoms with Crippen molar-refractivity contribution in [2.75, 3.05) is 0 Å². The molecule has 0 aromatic heterocycles. The average Bonchev–Trinajstić information content (AvgIpc) is 0.722. The second kappa shape index (κ2) is 185. The van der Waals surface area contributed by atoms with Crippen molar-refractivity contribution in [2.24, 2.45) is 0 Å². The van der Waals surface area contributed by atoms with Crippen molar-refractivity contribution in [1.82, 2.24) is 0 Å². The summed E-state index contributed by atoms with van der Waals surface area (Å²) in [6, 6.07) is 0. The van der Waals surface area contributed by atoms with Gasteiger partial charge in [-0.15, -0.1) is 0 Å². The van der Waals surface area contributed by atoms with Crippen LogP contribution >= 0.6 is 0 Å². The minimum Gasteiger partial charge on any atom is -0.264 e. The number of hydrogen-bond donors (Lipinski definition) is 2. The molecular weight excluding hydrogens is 4220 g/mol. The van der Waals surface area contributed by atoms with E-state index in [-0.39, 0.29) is 1470 Å². The van der Waals surface area contributed by atoms with Gasteiger partial charge in [-0.25, -0.2) is 0 Å². The molecule has 0 rings (SSSR count). The van der Waals surface area contributed by atoms with E-state index < -0.39 is 10.4 Å². The summed E-state index contributed by atoms with van der Waals surface area (Å²) >= 11 is 0. The summed E-state index contributed by atoms with van der Waals surface area (Å²) in [5, 5.41) is 0. The summed E-state index contributed by atoms with van der Waals surface area (Å²) in [5.74, 6) is 0. The second-order valence-electron chi connectivity index (χ2n) is 0.448. The van der Waals surface area contributed by atoms with Gasteiger partial charge in [-0.1, -0.05) is 0 Å². The smallest absolute Gasteiger partial charge is 0.264 e. The second-order valence-corrected chi connectivity index (χ2v) is 1.34. The van der Waals surface area contributed by atoms with E-state index in [0.29, 0.717) is 0 Å². The van der Waals surface area contributed by atoms with Crippen molar-refractivity contribution in [2.45, 2.75) is 0 Å². The Balaban J connectivity index is -0.000000000184. The maximum atomic E-state index is 8.74. The van der Waals surface area contributed by atoms with Crippen molar-refractivity contribution in [1.29, 1.82) is 0 Å². The summed E-state index contributed by atoms with van der Waals surface area (Å²) in [4.78, 5) is 0. The van der Waals surface area contributed by atoms with Crippen LogP contribution in [0, 0.1) is 0 Å². The predicted octanol–water partition coefficient (Wildman–Crippen LogP) is -12.1. The van der Waals surface area contributed by atoms with Gasteiger partial charge in [-0.05, 0) is 0 Å². The third-order valence-corrected chi connectivity index (χ3v) is 0. The van der Waals surface area contributed by atoms with Gasteiger partial charge in [0.15, 0.2) is 0 Å². The van der Waals surface area contributed by atoms with Crippen LogP contribution < -0.4 is 0 Å². The third-order valence-electron chi connectivity index (χ3n) is 0. The molecule has 4 nitrogen and oxygen atoms in total. The minimum atomic E-state index is -4.67. The van der Waals surface area contributed by atoms with Crippen LogP contribution in [0.3, 0.4) is 0 Å². The zero-order valence-corrected chi connectivity index (χ0v) is 157. The van der Waals surface area contributed by atoms with Gasteiger partial charge >= 0.3 is 1480 Å². The molecule has 0 aliphatic rings. The molecule has 32 valence electrons. The predicted molar refractivity (Wildman–Crippen MR) is 187 cm³/mol. The van der Waals surface area contributed by atoms with Crippen LogP contribution in [0.2, 0.25) is 0 Å². The standard InChI is InChI=1S/30Ba.H2O4S/c;;;;;;;;;;;;;;;;;;;;;;;;;;;;;;1-5(2,3)4/h;;;;;;;;;;;;;;;;;;;;;;;;;;;;;;(H2,1,2,3,4)/q30*+2;. The summed E-state index contributed by atoms with van der Waals surface area (Å²) in [5.41, 5.74) is 0. The first kappa shape index (κ1) is 207. The Morgan fingerprint density at radius 1 is 0.200 bits per heavy atom. The molecule has 0 fully saturated rings. The Morgan fingerprint density at radius 3 is 0.200 bits per heavy atom. The van der Waals surface area contributed by atoms with Gasteiger partial charge in [0, 0.05) is 0 Å². The van der Waals surface area contributed by atoms with Crippen LogP contribution in [0.5, 0.6) is 0 Å².